The summed E-state index contributed by atoms with van der Waals surface area (Å²) < 4.78 is 1.71. The molecule has 152 valence electrons. The van der Waals surface area contributed by atoms with E-state index in [1.807, 2.05) is 18.2 Å². The molecule has 0 atom stereocenters. The molecule has 3 aromatic rings. The first-order valence-corrected chi connectivity index (χ1v) is 10.0. The van der Waals surface area contributed by atoms with Crippen molar-refractivity contribution in [1.29, 1.82) is 0 Å². The number of carbonyl (C=O) groups excluding carboxylic acids is 1. The Balaban J connectivity index is 1.65. The molecular formula is C23H28N4O2. The number of likely N-dealkylation sites (N-methyl/N-ethyl adjacent to an activating group) is 1. The lowest BCUT2D eigenvalue weighted by atomic mass is 9.97. The van der Waals surface area contributed by atoms with Crippen molar-refractivity contribution in [3.8, 4) is 0 Å². The molecule has 0 saturated carbocycles. The number of anilines is 1. The molecule has 0 unspecified atom stereocenters. The maximum atomic E-state index is 13.0. The van der Waals surface area contributed by atoms with Gasteiger partial charge in [-0.3, -0.25) is 9.36 Å². The first-order chi connectivity index (χ1) is 13.7. The number of fused-ring (bicyclic) bond motifs is 2. The van der Waals surface area contributed by atoms with E-state index < -0.39 is 0 Å². The molecule has 1 aliphatic rings. The first-order valence-electron chi connectivity index (χ1n) is 10.0. The van der Waals surface area contributed by atoms with Crippen LogP contribution in [0.2, 0.25) is 0 Å². The van der Waals surface area contributed by atoms with Gasteiger partial charge in [0.1, 0.15) is 0 Å². The molecule has 1 amide bonds. The highest BCUT2D eigenvalue weighted by atomic mass is 16.2. The van der Waals surface area contributed by atoms with Gasteiger partial charge in [-0.05, 0) is 54.3 Å². The quantitative estimate of drug-likeness (QED) is 0.715. The fraction of sp³-hybridized carbons (Fsp3) is 0.391. The normalized spacial score (nSPS) is 14.8. The van der Waals surface area contributed by atoms with Crippen LogP contribution in [0.4, 0.5) is 5.69 Å². The van der Waals surface area contributed by atoms with Crippen LogP contribution in [0.15, 0.2) is 41.2 Å². The van der Waals surface area contributed by atoms with E-state index in [9.17, 15) is 9.59 Å². The average molecular weight is 393 g/mol. The monoisotopic (exact) mass is 392 g/mol. The molecule has 1 aromatic heterocycles. The minimum Gasteiger partial charge on any atom is -0.322 e. The summed E-state index contributed by atoms with van der Waals surface area (Å²) in [6.07, 6.45) is 1.03. The molecule has 0 bridgehead atoms. The molecule has 6 nitrogen and oxygen atoms in total. The van der Waals surface area contributed by atoms with Gasteiger partial charge in [0.2, 0.25) is 0 Å². The maximum absolute atomic E-state index is 13.0. The van der Waals surface area contributed by atoms with Gasteiger partial charge in [0.05, 0.1) is 16.6 Å². The minimum absolute atomic E-state index is 0.0481. The Kier molecular flexibility index (Phi) is 4.82. The molecule has 6 heteroatoms. The van der Waals surface area contributed by atoms with Gasteiger partial charge in [-0.25, -0.2) is 4.79 Å². The van der Waals surface area contributed by atoms with Gasteiger partial charge in [-0.2, -0.15) is 0 Å². The van der Waals surface area contributed by atoms with Crippen molar-refractivity contribution >= 4 is 22.6 Å². The van der Waals surface area contributed by atoms with E-state index in [1.165, 1.54) is 11.1 Å². The highest BCUT2D eigenvalue weighted by molar-refractivity contribution is 6.11. The molecule has 0 spiro atoms. The third-order valence-electron chi connectivity index (χ3n) is 5.35. The summed E-state index contributed by atoms with van der Waals surface area (Å²) in [6, 6.07) is 11.6. The Morgan fingerprint density at radius 2 is 1.97 bits per heavy atom. The van der Waals surface area contributed by atoms with Crippen LogP contribution < -0.4 is 11.0 Å². The number of H-pyrrole nitrogens is 1. The predicted molar refractivity (Wildman–Crippen MR) is 116 cm³/mol. The minimum atomic E-state index is -0.219. The van der Waals surface area contributed by atoms with E-state index in [-0.39, 0.29) is 17.0 Å². The molecular weight excluding hydrogens is 364 g/mol. The number of hydrogen-bond acceptors (Lipinski definition) is 3. The van der Waals surface area contributed by atoms with Crippen LogP contribution in [0.3, 0.4) is 0 Å². The van der Waals surface area contributed by atoms with Crippen LogP contribution in [0.25, 0.3) is 11.0 Å². The van der Waals surface area contributed by atoms with Gasteiger partial charge in [-0.1, -0.05) is 32.9 Å². The molecule has 2 heterocycles. The molecule has 1 aliphatic heterocycles. The number of nitrogens with one attached hydrogen (secondary N) is 2. The number of nitrogens with zero attached hydrogens (tertiary/aromatic N) is 2. The largest absolute Gasteiger partial charge is 0.326 e. The Morgan fingerprint density at radius 1 is 1.17 bits per heavy atom. The van der Waals surface area contributed by atoms with E-state index in [1.54, 1.807) is 10.6 Å². The van der Waals surface area contributed by atoms with E-state index in [2.05, 4.69) is 55.2 Å². The molecule has 0 fully saturated rings. The number of carbonyl (C=O) groups is 1. The Morgan fingerprint density at radius 3 is 2.72 bits per heavy atom. The number of rotatable bonds is 3. The first kappa shape index (κ1) is 19.5. The lowest BCUT2D eigenvalue weighted by Crippen LogP contribution is -2.26. The summed E-state index contributed by atoms with van der Waals surface area (Å²) in [5.74, 6) is -0.219. The zero-order valence-electron chi connectivity index (χ0n) is 17.5. The summed E-state index contributed by atoms with van der Waals surface area (Å²) in [6.45, 7) is 8.78. The molecule has 0 saturated heterocycles. The SMILES string of the molecule is CN1CCc2ccc(NC(=O)c3cccc4c3[nH]c(=O)n4CC(C)(C)C)cc2C1. The molecule has 29 heavy (non-hydrogen) atoms. The standard InChI is InChI=1S/C23H28N4O2/c1-23(2,3)14-27-19-7-5-6-18(20(19)25-22(27)29)21(28)24-17-9-8-15-10-11-26(4)13-16(15)12-17/h5-9,12H,10-11,13-14H2,1-4H3,(H,24,28)(H,25,29). The van der Waals surface area contributed by atoms with Gasteiger partial charge in [-0.15, -0.1) is 0 Å². The highest BCUT2D eigenvalue weighted by Gasteiger charge is 2.20. The van der Waals surface area contributed by atoms with Gasteiger partial charge in [0.25, 0.3) is 5.91 Å². The van der Waals surface area contributed by atoms with Crippen molar-refractivity contribution in [2.24, 2.45) is 5.41 Å². The maximum Gasteiger partial charge on any atom is 0.326 e. The van der Waals surface area contributed by atoms with E-state index in [0.717, 1.165) is 30.7 Å². The summed E-state index contributed by atoms with van der Waals surface area (Å²) in [5, 5.41) is 3.00. The van der Waals surface area contributed by atoms with Crippen molar-refractivity contribution < 1.29 is 4.79 Å². The zero-order chi connectivity index (χ0) is 20.8. The Hall–Kier alpha value is -2.86. The average Bonchev–Trinajstić information content (AvgIpc) is 2.95. The molecule has 0 radical (unpaired) electrons. The van der Waals surface area contributed by atoms with E-state index in [0.29, 0.717) is 17.6 Å². The number of aromatic amines is 1. The molecule has 2 aromatic carbocycles. The second-order valence-electron chi connectivity index (χ2n) is 9.20. The second kappa shape index (κ2) is 7.19. The van der Waals surface area contributed by atoms with Crippen LogP contribution in [0.1, 0.15) is 42.3 Å². The number of benzene rings is 2. The summed E-state index contributed by atoms with van der Waals surface area (Å²) >= 11 is 0. The van der Waals surface area contributed by atoms with Crippen LogP contribution in [0.5, 0.6) is 0 Å². The third-order valence-corrected chi connectivity index (χ3v) is 5.35. The van der Waals surface area contributed by atoms with Crippen LogP contribution >= 0.6 is 0 Å². The third kappa shape index (κ3) is 3.98. The van der Waals surface area contributed by atoms with Crippen molar-refractivity contribution in [1.82, 2.24) is 14.5 Å². The van der Waals surface area contributed by atoms with Gasteiger partial charge in [0.15, 0.2) is 0 Å². The number of imidazole rings is 1. The summed E-state index contributed by atoms with van der Waals surface area (Å²) in [5.41, 5.74) is 4.94. The lowest BCUT2D eigenvalue weighted by molar-refractivity contribution is 0.102. The van der Waals surface area contributed by atoms with Gasteiger partial charge >= 0.3 is 5.69 Å². The van der Waals surface area contributed by atoms with Gasteiger partial charge < -0.3 is 15.2 Å². The summed E-state index contributed by atoms with van der Waals surface area (Å²) in [4.78, 5) is 30.7. The number of amides is 1. The fourth-order valence-corrected chi connectivity index (χ4v) is 3.98. The van der Waals surface area contributed by atoms with Crippen LogP contribution in [-0.2, 0) is 19.5 Å². The Labute approximate surface area is 170 Å². The highest BCUT2D eigenvalue weighted by Crippen LogP contribution is 2.24. The molecule has 2 N–H and O–H groups in total. The lowest BCUT2D eigenvalue weighted by Gasteiger charge is -2.25. The smallest absolute Gasteiger partial charge is 0.322 e. The van der Waals surface area contributed by atoms with Crippen molar-refractivity contribution in [3.63, 3.8) is 0 Å². The van der Waals surface area contributed by atoms with E-state index in [4.69, 9.17) is 0 Å². The van der Waals surface area contributed by atoms with Crippen LogP contribution in [0, 0.1) is 5.41 Å². The topological polar surface area (TPSA) is 70.1 Å². The molecule has 4 rings (SSSR count). The van der Waals surface area contributed by atoms with Crippen molar-refractivity contribution in [3.05, 3.63) is 63.6 Å². The number of para-hydroxylation sites is 1. The van der Waals surface area contributed by atoms with Gasteiger partial charge in [0, 0.05) is 25.3 Å². The second-order valence-corrected chi connectivity index (χ2v) is 9.20. The Bertz CT molecular complexity index is 1130. The zero-order valence-corrected chi connectivity index (χ0v) is 17.5. The van der Waals surface area contributed by atoms with Crippen molar-refractivity contribution in [2.75, 3.05) is 18.9 Å². The number of hydrogen-bond donors (Lipinski definition) is 2. The van der Waals surface area contributed by atoms with Crippen molar-refractivity contribution in [2.45, 2.75) is 40.3 Å². The van der Waals surface area contributed by atoms with E-state index >= 15 is 0 Å². The van der Waals surface area contributed by atoms with Crippen LogP contribution in [-0.4, -0.2) is 34.0 Å². The number of aromatic nitrogens is 2. The summed E-state index contributed by atoms with van der Waals surface area (Å²) in [7, 11) is 2.10. The molecule has 0 aliphatic carbocycles. The predicted octanol–water partition coefficient (Wildman–Crippen LogP) is 3.62. The fourth-order valence-electron chi connectivity index (χ4n) is 3.98.